The van der Waals surface area contributed by atoms with Crippen LogP contribution in [0.2, 0.25) is 0 Å². The van der Waals surface area contributed by atoms with Gasteiger partial charge in [-0.15, -0.1) is 0 Å². The van der Waals surface area contributed by atoms with Crippen molar-refractivity contribution in [2.45, 2.75) is 18.7 Å². The molecular weight excluding hydrogens is 299 g/mol. The maximum atomic E-state index is 4.81. The third-order valence-electron chi connectivity index (χ3n) is 3.43. The first-order valence-corrected chi connectivity index (χ1v) is 8.91. The molecule has 0 fully saturated rings. The fourth-order valence-electron chi connectivity index (χ4n) is 2.09. The average Bonchev–Trinajstić information content (AvgIpc) is 2.53. The summed E-state index contributed by atoms with van der Waals surface area (Å²) in [6, 6.07) is 27.0. The smallest absolute Gasteiger partial charge is 0.0624 e. The molecule has 0 amide bonds. The van der Waals surface area contributed by atoms with Crippen LogP contribution in [0.3, 0.4) is 0 Å². The molecule has 0 aromatic heterocycles. The molecule has 0 nitrogen and oxygen atoms in total. The molecule has 0 aliphatic carbocycles. The summed E-state index contributed by atoms with van der Waals surface area (Å²) in [6.45, 7) is 4.39. The Morgan fingerprint density at radius 2 is 1.00 bits per heavy atom. The Balaban J connectivity index is 0.000000211. The molecule has 0 aliphatic rings. The van der Waals surface area contributed by atoms with E-state index in [1.165, 1.54) is 20.0 Å². The van der Waals surface area contributed by atoms with Gasteiger partial charge >= 0.3 is 97.6 Å². The summed E-state index contributed by atoms with van der Waals surface area (Å²) in [5.74, 6) is 0. The molecule has 0 atom stereocenters. The second-order valence-electron chi connectivity index (χ2n) is 5.17. The molecule has 3 aromatic carbocycles. The molecule has 0 saturated heterocycles. The van der Waals surface area contributed by atoms with Crippen molar-refractivity contribution >= 4 is 36.7 Å². The first kappa shape index (κ1) is 16.8. The van der Waals surface area contributed by atoms with E-state index in [0.717, 1.165) is 4.90 Å². The van der Waals surface area contributed by atoms with E-state index < -0.39 is 0 Å². The fourth-order valence-corrected chi connectivity index (χ4v) is 3.64. The van der Waals surface area contributed by atoms with E-state index in [9.17, 15) is 0 Å². The summed E-state index contributed by atoms with van der Waals surface area (Å²) in [5.41, 5.74) is 2.83. The second kappa shape index (κ2) is 8.76. The third-order valence-corrected chi connectivity index (χ3v) is 5.62. The van der Waals surface area contributed by atoms with Crippen LogP contribution in [-0.4, -0.2) is 15.2 Å². The second-order valence-corrected chi connectivity index (χ2v) is 7.17. The molecule has 0 saturated carbocycles. The third kappa shape index (κ3) is 5.31. The van der Waals surface area contributed by atoms with Crippen LogP contribution in [0, 0.1) is 13.8 Å². The van der Waals surface area contributed by atoms with E-state index in [2.05, 4.69) is 62.4 Å². The van der Waals surface area contributed by atoms with Crippen LogP contribution < -0.4 is 8.85 Å². The molecule has 0 bridgehead atoms. The molecule has 3 aromatic rings. The van der Waals surface area contributed by atoms with Crippen LogP contribution in [-0.2, 0) is 12.6 Å². The topological polar surface area (TPSA) is 0 Å². The monoisotopic (exact) mass is 318 g/mol. The Morgan fingerprint density at radius 3 is 1.36 bits per heavy atom. The van der Waals surface area contributed by atoms with Crippen molar-refractivity contribution in [2.24, 2.45) is 0 Å². The number of hydrogen-bond donors (Lipinski definition) is 0. The van der Waals surface area contributed by atoms with E-state index in [4.69, 9.17) is 12.6 Å². The van der Waals surface area contributed by atoms with Crippen LogP contribution in [0.5, 0.6) is 0 Å². The molecule has 0 radical (unpaired) electrons. The maximum absolute atomic E-state index is 4.81. The Kier molecular flexibility index (Phi) is 6.68. The summed E-state index contributed by atoms with van der Waals surface area (Å²) < 4.78 is 3.01. The number of benzene rings is 3. The minimum absolute atomic E-state index is 0.241. The van der Waals surface area contributed by atoms with E-state index in [-0.39, 0.29) is 15.2 Å². The largest absolute Gasteiger partial charge is 0.780 e. The van der Waals surface area contributed by atoms with Crippen LogP contribution in [0.1, 0.15) is 11.1 Å². The average molecular weight is 318 g/mol. The van der Waals surface area contributed by atoms with Crippen molar-refractivity contribution in [2.75, 3.05) is 0 Å². The van der Waals surface area contributed by atoms with Crippen molar-refractivity contribution < 1.29 is 0 Å². The molecule has 0 spiro atoms. The zero-order chi connectivity index (χ0) is 15.8. The summed E-state index contributed by atoms with van der Waals surface area (Å²) in [6.07, 6.45) is 0. The quantitative estimate of drug-likeness (QED) is 0.514. The van der Waals surface area contributed by atoms with Crippen molar-refractivity contribution in [1.82, 2.24) is 0 Å². The minimum atomic E-state index is 0.241. The zero-order valence-corrected chi connectivity index (χ0v) is 15.0. The van der Waals surface area contributed by atoms with Crippen molar-refractivity contribution in [3.05, 3.63) is 90.0 Å². The van der Waals surface area contributed by atoms with Gasteiger partial charge in [0.05, 0.1) is 0 Å². The summed E-state index contributed by atoms with van der Waals surface area (Å²) in [5, 5.41) is 0. The predicted octanol–water partition coefficient (Wildman–Crippen LogP) is 3.55. The van der Waals surface area contributed by atoms with Gasteiger partial charge < -0.3 is 12.6 Å². The van der Waals surface area contributed by atoms with Gasteiger partial charge in [-0.05, 0) is 0 Å². The first-order chi connectivity index (χ1) is 10.7. The Labute approximate surface area is 145 Å². The minimum Gasteiger partial charge on any atom is -0.780 e. The number of hydrogen-bond acceptors (Lipinski definition) is 1. The van der Waals surface area contributed by atoms with Gasteiger partial charge in [-0.25, -0.2) is 0 Å². The first-order valence-electron chi connectivity index (χ1n) is 7.35. The van der Waals surface area contributed by atoms with Crippen molar-refractivity contribution in [1.29, 1.82) is 0 Å². The number of rotatable bonds is 2. The van der Waals surface area contributed by atoms with E-state index >= 15 is 0 Å². The molecular formula is C20H19AlS. The van der Waals surface area contributed by atoms with Gasteiger partial charge in [0.25, 0.3) is 0 Å². The van der Waals surface area contributed by atoms with E-state index in [1.807, 2.05) is 30.3 Å². The Bertz CT molecular complexity index is 664. The van der Waals surface area contributed by atoms with E-state index in [1.54, 1.807) is 0 Å². The SMILES string of the molecule is Cc1cccc[c]1[Al+][c]1ccccc1C.[S-]c1ccccc1. The van der Waals surface area contributed by atoms with Crippen molar-refractivity contribution in [3.63, 3.8) is 0 Å². The molecule has 2 heteroatoms. The van der Waals surface area contributed by atoms with Crippen LogP contribution in [0.15, 0.2) is 83.8 Å². The zero-order valence-electron chi connectivity index (χ0n) is 13.0. The van der Waals surface area contributed by atoms with Gasteiger partial charge in [-0.1, -0.05) is 30.3 Å². The normalized spacial score (nSPS) is 9.36. The van der Waals surface area contributed by atoms with Crippen LogP contribution in [0.25, 0.3) is 0 Å². The van der Waals surface area contributed by atoms with Gasteiger partial charge in [-0.2, -0.15) is 4.90 Å². The van der Waals surface area contributed by atoms with Gasteiger partial charge in [0.15, 0.2) is 0 Å². The van der Waals surface area contributed by atoms with Crippen LogP contribution >= 0.6 is 0 Å². The molecule has 0 aliphatic heterocycles. The van der Waals surface area contributed by atoms with Gasteiger partial charge in [0.1, 0.15) is 0 Å². The maximum Gasteiger partial charge on any atom is -0.0624 e. The summed E-state index contributed by atoms with van der Waals surface area (Å²) >= 11 is 5.05. The number of aryl methyl sites for hydroxylation is 2. The molecule has 0 heterocycles. The standard InChI is InChI=1S/2C7H7.C6H6S.Al/c2*1-7-5-3-2-4-6-7;7-6-4-2-1-3-5-6;/h2*2-5H,1H3;1-5,7H;/q;;;+1/p-1. The summed E-state index contributed by atoms with van der Waals surface area (Å²) in [7, 11) is 0. The molecule has 3 rings (SSSR count). The molecule has 108 valence electrons. The van der Waals surface area contributed by atoms with Gasteiger partial charge in [-0.3, -0.25) is 0 Å². The Hall–Kier alpha value is -1.59. The Morgan fingerprint density at radius 1 is 0.591 bits per heavy atom. The molecule has 0 unspecified atom stereocenters. The molecule has 22 heavy (non-hydrogen) atoms. The van der Waals surface area contributed by atoms with Gasteiger partial charge in [0, 0.05) is 0 Å². The van der Waals surface area contributed by atoms with E-state index in [0.29, 0.717) is 0 Å². The fraction of sp³-hybridized carbons (Fsp3) is 0.100. The molecule has 0 N–H and O–H groups in total. The van der Waals surface area contributed by atoms with Gasteiger partial charge in [0.2, 0.25) is 0 Å². The predicted molar refractivity (Wildman–Crippen MR) is 99.5 cm³/mol. The summed E-state index contributed by atoms with van der Waals surface area (Å²) in [4.78, 5) is 0.905. The van der Waals surface area contributed by atoms with Crippen LogP contribution in [0.4, 0.5) is 0 Å². The van der Waals surface area contributed by atoms with Crippen molar-refractivity contribution in [3.8, 4) is 0 Å².